The Balaban J connectivity index is 2.03. The van der Waals surface area contributed by atoms with Gasteiger partial charge in [-0.05, 0) is 32.0 Å². The van der Waals surface area contributed by atoms with E-state index in [0.717, 1.165) is 6.29 Å². The lowest BCUT2D eigenvalue weighted by molar-refractivity contribution is -0.188. The Bertz CT molecular complexity index is 401. The smallest absolute Gasteiger partial charge is 0.192 e. The second-order valence-electron chi connectivity index (χ2n) is 7.91. The van der Waals surface area contributed by atoms with Gasteiger partial charge in [-0.1, -0.05) is 20.8 Å². The van der Waals surface area contributed by atoms with Gasteiger partial charge in [0.2, 0.25) is 0 Å². The van der Waals surface area contributed by atoms with Crippen LogP contribution in [0.1, 0.15) is 34.6 Å². The summed E-state index contributed by atoms with van der Waals surface area (Å²) in [5.74, 6) is -0.671. The topological polar surface area (TPSA) is 54.0 Å². The second-order valence-corrected chi connectivity index (χ2v) is 12.7. The van der Waals surface area contributed by atoms with E-state index in [9.17, 15) is 4.79 Å². The van der Waals surface area contributed by atoms with E-state index in [2.05, 4.69) is 33.9 Å². The minimum absolute atomic E-state index is 0.140. The number of carbonyl (C=O) groups excluding carboxylic acids is 1. The fraction of sp³-hybridized carbons (Fsp3) is 0.933. The summed E-state index contributed by atoms with van der Waals surface area (Å²) in [6, 6.07) is 0. The van der Waals surface area contributed by atoms with Gasteiger partial charge in [0.05, 0.1) is 6.61 Å². The lowest BCUT2D eigenvalue weighted by Gasteiger charge is -2.37. The third kappa shape index (κ3) is 3.40. The van der Waals surface area contributed by atoms with Crippen molar-refractivity contribution in [2.45, 2.75) is 83.0 Å². The zero-order valence-corrected chi connectivity index (χ0v) is 15.1. The Morgan fingerprint density at radius 3 is 2.29 bits per heavy atom. The Morgan fingerprint density at radius 1 is 1.19 bits per heavy atom. The van der Waals surface area contributed by atoms with E-state index in [1.54, 1.807) is 0 Å². The minimum Gasteiger partial charge on any atom is -0.414 e. The molecule has 0 aromatic carbocycles. The molecule has 0 unspecified atom stereocenters. The molecule has 122 valence electrons. The summed E-state index contributed by atoms with van der Waals surface area (Å²) in [6.07, 6.45) is -0.578. The molecule has 5 nitrogen and oxygen atoms in total. The highest BCUT2D eigenvalue weighted by Gasteiger charge is 2.55. The molecule has 0 aromatic heterocycles. The fourth-order valence-corrected chi connectivity index (χ4v) is 3.48. The maximum atomic E-state index is 11.2. The van der Waals surface area contributed by atoms with E-state index < -0.39 is 20.2 Å². The van der Waals surface area contributed by atoms with Gasteiger partial charge in [0, 0.05) is 0 Å². The molecule has 0 aliphatic carbocycles. The molecular weight excluding hydrogens is 288 g/mol. The number of hydrogen-bond donors (Lipinski definition) is 0. The Hall–Kier alpha value is -0.273. The molecule has 2 saturated heterocycles. The highest BCUT2D eigenvalue weighted by molar-refractivity contribution is 6.74. The fourth-order valence-electron chi connectivity index (χ4n) is 2.47. The number of fused-ring (bicyclic) bond motifs is 1. The highest BCUT2D eigenvalue weighted by atomic mass is 28.4. The zero-order chi connectivity index (χ0) is 16.1. The van der Waals surface area contributed by atoms with E-state index in [1.165, 1.54) is 0 Å². The van der Waals surface area contributed by atoms with Gasteiger partial charge >= 0.3 is 0 Å². The quantitative estimate of drug-likeness (QED) is 0.589. The molecule has 2 heterocycles. The van der Waals surface area contributed by atoms with Crippen LogP contribution >= 0.6 is 0 Å². The number of rotatable bonds is 4. The predicted molar refractivity (Wildman–Crippen MR) is 81.7 cm³/mol. The van der Waals surface area contributed by atoms with Crippen LogP contribution in [0.5, 0.6) is 0 Å². The van der Waals surface area contributed by atoms with Crippen LogP contribution in [-0.2, 0) is 23.4 Å². The third-order valence-corrected chi connectivity index (χ3v) is 9.24. The van der Waals surface area contributed by atoms with Crippen LogP contribution in [0.2, 0.25) is 18.1 Å². The summed E-state index contributed by atoms with van der Waals surface area (Å²) < 4.78 is 23.6. The molecule has 0 N–H and O–H groups in total. The van der Waals surface area contributed by atoms with Crippen molar-refractivity contribution in [3.8, 4) is 0 Å². The summed E-state index contributed by atoms with van der Waals surface area (Å²) in [4.78, 5) is 11.2. The average Bonchev–Trinajstić information content (AvgIpc) is 2.78. The van der Waals surface area contributed by atoms with Crippen molar-refractivity contribution in [1.82, 2.24) is 0 Å². The summed E-state index contributed by atoms with van der Waals surface area (Å²) in [5.41, 5.74) is 0. The summed E-state index contributed by atoms with van der Waals surface area (Å²) in [6.45, 7) is 15.2. The van der Waals surface area contributed by atoms with Crippen molar-refractivity contribution >= 4 is 14.6 Å². The minimum atomic E-state index is -1.85. The number of carbonyl (C=O) groups is 1. The molecule has 2 aliphatic rings. The Kier molecular flexibility index (Phi) is 4.41. The van der Waals surface area contributed by atoms with E-state index >= 15 is 0 Å². The van der Waals surface area contributed by atoms with Crippen molar-refractivity contribution in [2.24, 2.45) is 0 Å². The number of hydrogen-bond acceptors (Lipinski definition) is 5. The molecule has 0 spiro atoms. The van der Waals surface area contributed by atoms with Gasteiger partial charge in [0.1, 0.15) is 24.4 Å². The summed E-state index contributed by atoms with van der Waals surface area (Å²) in [5, 5.41) is 0.140. The highest BCUT2D eigenvalue weighted by Crippen LogP contribution is 2.40. The molecule has 0 amide bonds. The first-order valence-electron chi connectivity index (χ1n) is 7.57. The lowest BCUT2D eigenvalue weighted by atomic mass is 10.1. The molecule has 4 atom stereocenters. The number of ether oxygens (including phenoxy) is 3. The van der Waals surface area contributed by atoms with Crippen molar-refractivity contribution in [2.75, 3.05) is 6.61 Å². The average molecular weight is 316 g/mol. The van der Waals surface area contributed by atoms with Gasteiger partial charge < -0.3 is 23.4 Å². The van der Waals surface area contributed by atoms with Crippen LogP contribution < -0.4 is 0 Å². The van der Waals surface area contributed by atoms with Crippen LogP contribution in [0.25, 0.3) is 0 Å². The van der Waals surface area contributed by atoms with Crippen molar-refractivity contribution in [3.05, 3.63) is 0 Å². The van der Waals surface area contributed by atoms with Crippen LogP contribution in [0.15, 0.2) is 0 Å². The van der Waals surface area contributed by atoms with Gasteiger partial charge in [-0.25, -0.2) is 0 Å². The van der Waals surface area contributed by atoms with Crippen molar-refractivity contribution in [1.29, 1.82) is 0 Å². The monoisotopic (exact) mass is 316 g/mol. The SMILES string of the molecule is CC1(C)O[C@@H]2[C@H](O1)[C@@H](CO[Si](C)(C)C(C)(C)C)O[C@H]2C=O. The second kappa shape index (κ2) is 5.42. The molecule has 0 radical (unpaired) electrons. The first-order chi connectivity index (χ1) is 9.47. The summed E-state index contributed by atoms with van der Waals surface area (Å²) >= 11 is 0. The maximum Gasteiger partial charge on any atom is 0.192 e. The summed E-state index contributed by atoms with van der Waals surface area (Å²) in [7, 11) is -1.85. The maximum absolute atomic E-state index is 11.2. The zero-order valence-electron chi connectivity index (χ0n) is 14.1. The molecule has 6 heteroatoms. The van der Waals surface area contributed by atoms with Crippen LogP contribution in [0, 0.1) is 0 Å². The van der Waals surface area contributed by atoms with Gasteiger partial charge in [-0.2, -0.15) is 0 Å². The first kappa shape index (κ1) is 17.1. The standard InChI is InChI=1S/C15H28O5Si/c1-14(2,3)21(6,7)17-9-11-13-12(10(8-16)18-11)19-15(4,5)20-13/h8,10-13H,9H2,1-7H3/t10-,11+,12-,13+/m0/s1. The van der Waals surface area contributed by atoms with Crippen LogP contribution in [0.4, 0.5) is 0 Å². The van der Waals surface area contributed by atoms with E-state index in [0.29, 0.717) is 6.61 Å². The molecule has 2 aliphatic heterocycles. The predicted octanol–water partition coefficient (Wildman–Crippen LogP) is 2.49. The molecule has 0 aromatic rings. The number of aldehydes is 1. The molecule has 2 rings (SSSR count). The molecular formula is C15H28O5Si. The third-order valence-electron chi connectivity index (χ3n) is 4.73. The molecule has 2 fully saturated rings. The Labute approximate surface area is 128 Å². The van der Waals surface area contributed by atoms with Crippen LogP contribution in [-0.4, -0.2) is 51.4 Å². The van der Waals surface area contributed by atoms with E-state index in [-0.39, 0.29) is 23.4 Å². The van der Waals surface area contributed by atoms with Gasteiger partial charge in [-0.15, -0.1) is 0 Å². The van der Waals surface area contributed by atoms with Crippen LogP contribution in [0.3, 0.4) is 0 Å². The van der Waals surface area contributed by atoms with Gasteiger partial charge in [-0.3, -0.25) is 0 Å². The molecule has 21 heavy (non-hydrogen) atoms. The first-order valence-corrected chi connectivity index (χ1v) is 10.5. The van der Waals surface area contributed by atoms with E-state index in [4.69, 9.17) is 18.6 Å². The van der Waals surface area contributed by atoms with Gasteiger partial charge in [0.25, 0.3) is 0 Å². The molecule has 0 saturated carbocycles. The largest absolute Gasteiger partial charge is 0.414 e. The normalized spacial score (nSPS) is 35.8. The molecule has 0 bridgehead atoms. The Morgan fingerprint density at radius 2 is 1.76 bits per heavy atom. The van der Waals surface area contributed by atoms with Crippen molar-refractivity contribution < 1.29 is 23.4 Å². The van der Waals surface area contributed by atoms with E-state index in [1.807, 2.05) is 13.8 Å². The lowest BCUT2D eigenvalue weighted by Crippen LogP contribution is -2.44. The van der Waals surface area contributed by atoms with Crippen molar-refractivity contribution in [3.63, 3.8) is 0 Å². The van der Waals surface area contributed by atoms with Gasteiger partial charge in [0.15, 0.2) is 20.4 Å².